The first kappa shape index (κ1) is 12.4. The minimum Gasteiger partial charge on any atom is -0.394 e. The molecule has 0 spiro atoms. The van der Waals surface area contributed by atoms with Gasteiger partial charge in [0.15, 0.2) is 0 Å². The molecule has 1 fully saturated rings. The fourth-order valence-corrected chi connectivity index (χ4v) is 1.88. The first-order valence-corrected chi connectivity index (χ1v) is 5.31. The van der Waals surface area contributed by atoms with Gasteiger partial charge in [0.1, 0.15) is 12.0 Å². The molecular weight excluding hydrogens is 240 g/mol. The average Bonchev–Trinajstić information content (AvgIpc) is 2.72. The Labute approximate surface area is 101 Å². The normalized spacial score (nSPS) is 26.8. The summed E-state index contributed by atoms with van der Waals surface area (Å²) in [4.78, 5) is 17.9. The van der Waals surface area contributed by atoms with Crippen molar-refractivity contribution in [2.75, 3.05) is 12.3 Å². The lowest BCUT2D eigenvalue weighted by Gasteiger charge is -2.14. The molecule has 3 atom stereocenters. The second-order valence-corrected chi connectivity index (χ2v) is 3.86. The number of nitrogens with zero attached hydrogens (tertiary/aromatic N) is 5. The number of azide groups is 1. The monoisotopic (exact) mass is 252 g/mol. The van der Waals surface area contributed by atoms with Gasteiger partial charge in [-0.2, -0.15) is 4.98 Å². The van der Waals surface area contributed by atoms with Gasteiger partial charge in [0, 0.05) is 17.5 Å². The zero-order valence-electron chi connectivity index (χ0n) is 9.38. The topological polar surface area (TPSA) is 139 Å². The Kier molecular flexibility index (Phi) is 3.47. The lowest BCUT2D eigenvalue weighted by atomic mass is 10.1. The molecule has 0 radical (unpaired) electrons. The standard InChI is InChI=1S/C9H12N6O3/c10-7-1-2-15(9(17)12-7)8-3-5(13-14-11)6(4-16)18-8/h1-2,5-6,8,16H,3-4H2,(H2,10,12,17)/t5-,6-,8+/m0/s1. The summed E-state index contributed by atoms with van der Waals surface area (Å²) in [5, 5.41) is 12.6. The first-order valence-electron chi connectivity index (χ1n) is 5.31. The zero-order chi connectivity index (χ0) is 13.1. The van der Waals surface area contributed by atoms with Gasteiger partial charge < -0.3 is 15.6 Å². The number of hydrogen-bond acceptors (Lipinski definition) is 6. The highest BCUT2D eigenvalue weighted by Crippen LogP contribution is 2.29. The van der Waals surface area contributed by atoms with E-state index in [9.17, 15) is 4.79 Å². The van der Waals surface area contributed by atoms with Gasteiger partial charge >= 0.3 is 5.69 Å². The lowest BCUT2D eigenvalue weighted by Crippen LogP contribution is -2.27. The van der Waals surface area contributed by atoms with Crippen LogP contribution >= 0.6 is 0 Å². The SMILES string of the molecule is [N-]=[N+]=N[C@H]1C[C@H](n2ccc(N)nc2=O)O[C@H]1CO. The van der Waals surface area contributed by atoms with Crippen LogP contribution in [0, 0.1) is 0 Å². The van der Waals surface area contributed by atoms with Crippen molar-refractivity contribution < 1.29 is 9.84 Å². The fourth-order valence-electron chi connectivity index (χ4n) is 1.88. The predicted octanol–water partition coefficient (Wildman–Crippen LogP) is -0.216. The Morgan fingerprint density at radius 3 is 3.17 bits per heavy atom. The zero-order valence-corrected chi connectivity index (χ0v) is 9.38. The van der Waals surface area contributed by atoms with E-state index >= 15 is 0 Å². The van der Waals surface area contributed by atoms with Gasteiger partial charge in [-0.05, 0) is 11.6 Å². The van der Waals surface area contributed by atoms with Gasteiger partial charge in [0.25, 0.3) is 0 Å². The molecule has 0 bridgehead atoms. The second-order valence-electron chi connectivity index (χ2n) is 3.86. The Bertz CT molecular complexity index is 537. The van der Waals surface area contributed by atoms with Crippen molar-refractivity contribution in [2.45, 2.75) is 24.8 Å². The Hall–Kier alpha value is -2.09. The van der Waals surface area contributed by atoms with Crippen LogP contribution in [0.4, 0.5) is 5.82 Å². The maximum atomic E-state index is 11.6. The Balaban J connectivity index is 2.25. The molecule has 0 aliphatic carbocycles. The lowest BCUT2D eigenvalue weighted by molar-refractivity contribution is -0.0269. The van der Waals surface area contributed by atoms with Crippen molar-refractivity contribution in [1.29, 1.82) is 0 Å². The van der Waals surface area contributed by atoms with E-state index in [1.807, 2.05) is 0 Å². The van der Waals surface area contributed by atoms with Crippen LogP contribution in [0.1, 0.15) is 12.6 Å². The third-order valence-corrected chi connectivity index (χ3v) is 2.75. The maximum absolute atomic E-state index is 11.6. The van der Waals surface area contributed by atoms with Crippen molar-refractivity contribution in [3.05, 3.63) is 33.2 Å². The smallest absolute Gasteiger partial charge is 0.351 e. The third-order valence-electron chi connectivity index (χ3n) is 2.75. The fraction of sp³-hybridized carbons (Fsp3) is 0.556. The molecule has 9 heteroatoms. The van der Waals surface area contributed by atoms with E-state index in [1.165, 1.54) is 16.8 Å². The molecule has 3 N–H and O–H groups in total. The van der Waals surface area contributed by atoms with Crippen molar-refractivity contribution in [1.82, 2.24) is 9.55 Å². The van der Waals surface area contributed by atoms with E-state index in [2.05, 4.69) is 15.0 Å². The summed E-state index contributed by atoms with van der Waals surface area (Å²) in [7, 11) is 0. The molecule has 2 rings (SSSR count). The van der Waals surface area contributed by atoms with Gasteiger partial charge in [0.2, 0.25) is 0 Å². The molecule has 96 valence electrons. The van der Waals surface area contributed by atoms with Gasteiger partial charge in [-0.1, -0.05) is 5.11 Å². The summed E-state index contributed by atoms with van der Waals surface area (Å²) in [6.45, 7) is -0.280. The van der Waals surface area contributed by atoms with Gasteiger partial charge in [0.05, 0.1) is 18.8 Å². The highest BCUT2D eigenvalue weighted by atomic mass is 16.5. The molecule has 0 saturated carbocycles. The number of aliphatic hydroxyl groups excluding tert-OH is 1. The number of hydrogen-bond donors (Lipinski definition) is 2. The van der Waals surface area contributed by atoms with Crippen LogP contribution in [0.5, 0.6) is 0 Å². The number of ether oxygens (including phenoxy) is 1. The number of aliphatic hydroxyl groups is 1. The van der Waals surface area contributed by atoms with Gasteiger partial charge in [-0.15, -0.1) is 0 Å². The largest absolute Gasteiger partial charge is 0.394 e. The molecule has 0 amide bonds. The molecule has 1 aliphatic rings. The summed E-state index contributed by atoms with van der Waals surface area (Å²) in [5.41, 5.74) is 13.3. The van der Waals surface area contributed by atoms with Crippen molar-refractivity contribution in [2.24, 2.45) is 5.11 Å². The molecule has 2 heterocycles. The number of anilines is 1. The van der Waals surface area contributed by atoms with Crippen LogP contribution in [0.2, 0.25) is 0 Å². The van der Waals surface area contributed by atoms with Crippen LogP contribution in [-0.4, -0.2) is 33.4 Å². The third kappa shape index (κ3) is 2.28. The average molecular weight is 252 g/mol. The molecule has 0 unspecified atom stereocenters. The van der Waals surface area contributed by atoms with E-state index < -0.39 is 24.1 Å². The molecule has 1 aromatic rings. The van der Waals surface area contributed by atoms with Crippen LogP contribution in [0.15, 0.2) is 22.2 Å². The molecule has 1 aliphatic heterocycles. The van der Waals surface area contributed by atoms with E-state index in [0.717, 1.165) is 0 Å². The molecule has 0 aromatic carbocycles. The second kappa shape index (κ2) is 5.05. The molecule has 1 aromatic heterocycles. The Morgan fingerprint density at radius 1 is 1.78 bits per heavy atom. The molecule has 1 saturated heterocycles. The van der Waals surface area contributed by atoms with Crippen LogP contribution in [0.3, 0.4) is 0 Å². The number of rotatable bonds is 3. The van der Waals surface area contributed by atoms with Gasteiger partial charge in [-0.3, -0.25) is 4.57 Å². The predicted molar refractivity (Wildman–Crippen MR) is 61.5 cm³/mol. The van der Waals surface area contributed by atoms with E-state index in [4.69, 9.17) is 21.1 Å². The summed E-state index contributed by atoms with van der Waals surface area (Å²) in [5.74, 6) is 0.125. The van der Waals surface area contributed by atoms with Crippen molar-refractivity contribution in [3.63, 3.8) is 0 Å². The summed E-state index contributed by atoms with van der Waals surface area (Å²) in [6, 6.07) is 0.967. The summed E-state index contributed by atoms with van der Waals surface area (Å²) >= 11 is 0. The first-order chi connectivity index (χ1) is 8.65. The van der Waals surface area contributed by atoms with Crippen LogP contribution < -0.4 is 11.4 Å². The quantitative estimate of drug-likeness (QED) is 0.435. The molecular formula is C9H12N6O3. The molecule has 18 heavy (non-hydrogen) atoms. The van der Waals surface area contributed by atoms with E-state index in [1.54, 1.807) is 0 Å². The molecule has 9 nitrogen and oxygen atoms in total. The summed E-state index contributed by atoms with van der Waals surface area (Å²) in [6.07, 6.45) is 0.539. The highest BCUT2D eigenvalue weighted by Gasteiger charge is 2.35. The highest BCUT2D eigenvalue weighted by molar-refractivity contribution is 5.23. The van der Waals surface area contributed by atoms with E-state index in [-0.39, 0.29) is 12.4 Å². The number of nitrogen functional groups attached to an aromatic ring is 1. The van der Waals surface area contributed by atoms with E-state index in [0.29, 0.717) is 6.42 Å². The maximum Gasteiger partial charge on any atom is 0.351 e. The van der Waals surface area contributed by atoms with Crippen molar-refractivity contribution in [3.8, 4) is 0 Å². The van der Waals surface area contributed by atoms with Gasteiger partial charge in [-0.25, -0.2) is 4.79 Å². The van der Waals surface area contributed by atoms with Crippen LogP contribution in [0.25, 0.3) is 10.4 Å². The summed E-state index contributed by atoms with van der Waals surface area (Å²) < 4.78 is 6.71. The van der Waals surface area contributed by atoms with Crippen LogP contribution in [-0.2, 0) is 4.74 Å². The Morgan fingerprint density at radius 2 is 2.56 bits per heavy atom. The number of nitrogens with two attached hydrogens (primary N) is 1. The van der Waals surface area contributed by atoms with Crippen molar-refractivity contribution >= 4 is 5.82 Å². The minimum absolute atomic E-state index is 0.125. The number of aromatic nitrogens is 2. The minimum atomic E-state index is -0.615.